The molecule has 4 rings (SSSR count). The summed E-state index contributed by atoms with van der Waals surface area (Å²) in [5.74, 6) is 2.00. The second kappa shape index (κ2) is 8.71. The lowest BCUT2D eigenvalue weighted by molar-refractivity contribution is 0.605. The van der Waals surface area contributed by atoms with Crippen LogP contribution in [0.5, 0.6) is 0 Å². The molecule has 0 bridgehead atoms. The molecule has 0 amide bonds. The van der Waals surface area contributed by atoms with Crippen LogP contribution in [0, 0.1) is 25.2 Å². The van der Waals surface area contributed by atoms with Crippen molar-refractivity contribution in [2.45, 2.75) is 65.7 Å². The minimum absolute atomic E-state index is 0.675. The molecule has 5 nitrogen and oxygen atoms in total. The van der Waals surface area contributed by atoms with E-state index in [4.69, 9.17) is 4.98 Å². The lowest BCUT2D eigenvalue weighted by Gasteiger charge is -2.19. The van der Waals surface area contributed by atoms with Gasteiger partial charge in [0.1, 0.15) is 17.7 Å². The van der Waals surface area contributed by atoms with Crippen molar-refractivity contribution in [2.24, 2.45) is 0 Å². The quantitative estimate of drug-likeness (QED) is 0.338. The molecule has 0 aliphatic carbocycles. The van der Waals surface area contributed by atoms with Crippen LogP contribution in [0.4, 0.5) is 0 Å². The number of pyridine rings is 1. The molecule has 154 valence electrons. The predicted molar refractivity (Wildman–Crippen MR) is 121 cm³/mol. The van der Waals surface area contributed by atoms with Crippen LogP contribution in [0.3, 0.4) is 0 Å². The van der Waals surface area contributed by atoms with E-state index in [1.165, 1.54) is 37.7 Å². The van der Waals surface area contributed by atoms with Gasteiger partial charge in [-0.2, -0.15) is 5.26 Å². The summed E-state index contributed by atoms with van der Waals surface area (Å²) in [6.07, 6.45) is 12.3. The number of aromatic nitrogens is 4. The summed E-state index contributed by atoms with van der Waals surface area (Å²) in [6.45, 7) is 6.34. The zero-order valence-corrected chi connectivity index (χ0v) is 18.1. The van der Waals surface area contributed by atoms with E-state index in [2.05, 4.69) is 39.9 Å². The molecule has 4 aromatic rings. The lowest BCUT2D eigenvalue weighted by Crippen LogP contribution is -2.12. The van der Waals surface area contributed by atoms with E-state index in [1.54, 1.807) is 0 Å². The standard InChI is InChI=1S/C25H29N5/c1-4-5-6-7-8-9-12-20-18(2)21(17-26)24-28-22-13-10-11-14-23(22)30(24)25(20)29-16-15-27-19(29)3/h10-11,13-16H,4-9,12H2,1-3H3. The van der Waals surface area contributed by atoms with Gasteiger partial charge in [0.25, 0.3) is 0 Å². The van der Waals surface area contributed by atoms with Crippen LogP contribution in [0.2, 0.25) is 0 Å². The normalized spacial score (nSPS) is 11.4. The zero-order chi connectivity index (χ0) is 21.1. The minimum Gasteiger partial charge on any atom is -0.289 e. The molecular formula is C25H29N5. The van der Waals surface area contributed by atoms with Crippen LogP contribution in [-0.2, 0) is 6.42 Å². The van der Waals surface area contributed by atoms with Crippen molar-refractivity contribution in [3.05, 3.63) is 59.2 Å². The maximum Gasteiger partial charge on any atom is 0.157 e. The average molecular weight is 400 g/mol. The van der Waals surface area contributed by atoms with Crippen LogP contribution >= 0.6 is 0 Å². The predicted octanol–water partition coefficient (Wildman–Crippen LogP) is 6.06. The van der Waals surface area contributed by atoms with Gasteiger partial charge in [-0.25, -0.2) is 9.97 Å². The van der Waals surface area contributed by atoms with Crippen molar-refractivity contribution in [3.8, 4) is 11.9 Å². The molecule has 0 aliphatic heterocycles. The maximum atomic E-state index is 9.99. The summed E-state index contributed by atoms with van der Waals surface area (Å²) in [5, 5.41) is 9.99. The van der Waals surface area contributed by atoms with Crippen molar-refractivity contribution < 1.29 is 0 Å². The van der Waals surface area contributed by atoms with Gasteiger partial charge in [0.2, 0.25) is 0 Å². The number of fused-ring (bicyclic) bond motifs is 3. The first kappa shape index (κ1) is 20.2. The van der Waals surface area contributed by atoms with E-state index in [0.717, 1.165) is 46.7 Å². The number of rotatable bonds is 8. The molecule has 1 aromatic carbocycles. The molecule has 0 aliphatic rings. The van der Waals surface area contributed by atoms with Crippen molar-refractivity contribution in [1.29, 1.82) is 5.26 Å². The Bertz CT molecular complexity index is 1220. The minimum atomic E-state index is 0.675. The van der Waals surface area contributed by atoms with E-state index in [-0.39, 0.29) is 0 Å². The Labute approximate surface area is 178 Å². The highest BCUT2D eigenvalue weighted by Crippen LogP contribution is 2.31. The van der Waals surface area contributed by atoms with Gasteiger partial charge in [0.15, 0.2) is 5.65 Å². The third-order valence-corrected chi connectivity index (χ3v) is 6.04. The van der Waals surface area contributed by atoms with Gasteiger partial charge >= 0.3 is 0 Å². The lowest BCUT2D eigenvalue weighted by atomic mass is 9.98. The van der Waals surface area contributed by atoms with Gasteiger partial charge in [0.05, 0.1) is 16.6 Å². The Hall–Kier alpha value is -3.13. The van der Waals surface area contributed by atoms with Crippen molar-refractivity contribution >= 4 is 16.7 Å². The number of hydrogen-bond donors (Lipinski definition) is 0. The van der Waals surface area contributed by atoms with Crippen LogP contribution in [-0.4, -0.2) is 18.9 Å². The summed E-state index contributed by atoms with van der Waals surface area (Å²) in [6, 6.07) is 10.5. The third-order valence-electron chi connectivity index (χ3n) is 6.04. The van der Waals surface area contributed by atoms with Gasteiger partial charge in [0, 0.05) is 12.4 Å². The smallest absolute Gasteiger partial charge is 0.157 e. The molecule has 0 saturated carbocycles. The fraction of sp³-hybridized carbons (Fsp3) is 0.400. The highest BCUT2D eigenvalue weighted by Gasteiger charge is 2.22. The number of aryl methyl sites for hydroxylation is 1. The number of unbranched alkanes of at least 4 members (excludes halogenated alkanes) is 5. The number of imidazole rings is 2. The number of benzene rings is 1. The van der Waals surface area contributed by atoms with E-state index in [0.29, 0.717) is 5.56 Å². The fourth-order valence-corrected chi connectivity index (χ4v) is 4.40. The van der Waals surface area contributed by atoms with E-state index < -0.39 is 0 Å². The first-order chi connectivity index (χ1) is 14.7. The van der Waals surface area contributed by atoms with Crippen LogP contribution < -0.4 is 0 Å². The van der Waals surface area contributed by atoms with Crippen LogP contribution in [0.15, 0.2) is 36.7 Å². The molecule has 0 fully saturated rings. The fourth-order valence-electron chi connectivity index (χ4n) is 4.40. The number of nitrogens with zero attached hydrogens (tertiary/aromatic N) is 5. The molecule has 0 radical (unpaired) electrons. The van der Waals surface area contributed by atoms with Crippen molar-refractivity contribution in [2.75, 3.05) is 0 Å². The first-order valence-electron chi connectivity index (χ1n) is 11.0. The summed E-state index contributed by atoms with van der Waals surface area (Å²) >= 11 is 0. The Balaban J connectivity index is 1.91. The molecule has 0 atom stereocenters. The molecule has 0 N–H and O–H groups in total. The first-order valence-corrected chi connectivity index (χ1v) is 11.0. The second-order valence-electron chi connectivity index (χ2n) is 8.04. The molecule has 0 unspecified atom stereocenters. The van der Waals surface area contributed by atoms with E-state index in [9.17, 15) is 5.26 Å². The van der Waals surface area contributed by atoms with Gasteiger partial charge in [-0.15, -0.1) is 0 Å². The molecule has 30 heavy (non-hydrogen) atoms. The van der Waals surface area contributed by atoms with Gasteiger partial charge in [-0.1, -0.05) is 51.2 Å². The Kier molecular flexibility index (Phi) is 5.85. The third kappa shape index (κ3) is 3.47. The second-order valence-corrected chi connectivity index (χ2v) is 8.04. The molecule has 3 heterocycles. The zero-order valence-electron chi connectivity index (χ0n) is 18.1. The van der Waals surface area contributed by atoms with E-state index in [1.807, 2.05) is 37.5 Å². The van der Waals surface area contributed by atoms with Crippen molar-refractivity contribution in [1.82, 2.24) is 18.9 Å². The molecule has 0 spiro atoms. The average Bonchev–Trinajstić information content (AvgIpc) is 3.34. The molecular weight excluding hydrogens is 370 g/mol. The van der Waals surface area contributed by atoms with Crippen LogP contribution in [0.1, 0.15) is 68.0 Å². The Morgan fingerprint density at radius 2 is 1.80 bits per heavy atom. The topological polar surface area (TPSA) is 58.9 Å². The SMILES string of the molecule is CCCCCCCCc1c(C)c(C#N)c2nc3ccccc3n2c1-n1ccnc1C. The molecule has 5 heteroatoms. The summed E-state index contributed by atoms with van der Waals surface area (Å²) in [5.41, 5.74) is 5.59. The number of para-hydroxylation sites is 2. The highest BCUT2D eigenvalue weighted by molar-refractivity contribution is 5.85. The van der Waals surface area contributed by atoms with Gasteiger partial charge in [-0.3, -0.25) is 8.97 Å². The Morgan fingerprint density at radius 1 is 1.03 bits per heavy atom. The van der Waals surface area contributed by atoms with E-state index >= 15 is 0 Å². The maximum absolute atomic E-state index is 9.99. The van der Waals surface area contributed by atoms with Gasteiger partial charge < -0.3 is 0 Å². The van der Waals surface area contributed by atoms with Crippen molar-refractivity contribution in [3.63, 3.8) is 0 Å². The number of nitriles is 1. The largest absolute Gasteiger partial charge is 0.289 e. The monoisotopic (exact) mass is 399 g/mol. The number of hydrogen-bond acceptors (Lipinski definition) is 3. The Morgan fingerprint density at radius 3 is 2.53 bits per heavy atom. The summed E-state index contributed by atoms with van der Waals surface area (Å²) in [7, 11) is 0. The highest BCUT2D eigenvalue weighted by atomic mass is 15.2. The van der Waals surface area contributed by atoms with Crippen LogP contribution in [0.25, 0.3) is 22.5 Å². The summed E-state index contributed by atoms with van der Waals surface area (Å²) in [4.78, 5) is 9.30. The molecule has 3 aromatic heterocycles. The summed E-state index contributed by atoms with van der Waals surface area (Å²) < 4.78 is 4.30. The molecule has 0 saturated heterocycles. The van der Waals surface area contributed by atoms with Gasteiger partial charge in [-0.05, 0) is 49.9 Å².